The minimum atomic E-state index is -4.74. The van der Waals surface area contributed by atoms with Gasteiger partial charge in [0.15, 0.2) is 5.82 Å². The summed E-state index contributed by atoms with van der Waals surface area (Å²) in [4.78, 5) is 4.51. The van der Waals surface area contributed by atoms with Gasteiger partial charge in [0.05, 0.1) is 22.3 Å². The smallest absolute Gasteiger partial charge is 0.406 e. The molecule has 0 saturated heterocycles. The third-order valence-electron chi connectivity index (χ3n) is 3.65. The van der Waals surface area contributed by atoms with Gasteiger partial charge in [0.2, 0.25) is 0 Å². The molecule has 0 saturated carbocycles. The number of fused-ring (bicyclic) bond motifs is 2. The molecule has 0 aliphatic rings. The van der Waals surface area contributed by atoms with E-state index in [4.69, 9.17) is 11.6 Å². The van der Waals surface area contributed by atoms with Gasteiger partial charge in [-0.1, -0.05) is 23.7 Å². The summed E-state index contributed by atoms with van der Waals surface area (Å²) in [5.74, 6) is 0.217. The molecule has 4 nitrogen and oxygen atoms in total. The summed E-state index contributed by atoms with van der Waals surface area (Å²) in [6.07, 6.45) is -3.28. The average Bonchev–Trinajstić information content (AvgIpc) is 2.96. The molecule has 2 heterocycles. The number of halogens is 4. The van der Waals surface area contributed by atoms with Crippen LogP contribution >= 0.6 is 11.6 Å². The fourth-order valence-electron chi connectivity index (χ4n) is 2.61. The molecule has 2 aromatic carbocycles. The van der Waals surface area contributed by atoms with Crippen LogP contribution in [0.5, 0.6) is 5.75 Å². The second kappa shape index (κ2) is 5.63. The number of hydrogen-bond acceptors (Lipinski definition) is 3. The molecule has 0 bridgehead atoms. The van der Waals surface area contributed by atoms with Crippen molar-refractivity contribution in [3.63, 3.8) is 0 Å². The number of alkyl halides is 3. The zero-order chi connectivity index (χ0) is 17.6. The molecular weight excluding hydrogens is 355 g/mol. The van der Waals surface area contributed by atoms with Crippen molar-refractivity contribution in [1.82, 2.24) is 14.8 Å². The summed E-state index contributed by atoms with van der Waals surface area (Å²) in [5.41, 5.74) is 1.23. The van der Waals surface area contributed by atoms with Crippen molar-refractivity contribution in [2.45, 2.75) is 6.36 Å². The van der Waals surface area contributed by atoms with E-state index in [1.165, 1.54) is 29.1 Å². The van der Waals surface area contributed by atoms with Crippen molar-refractivity contribution < 1.29 is 17.9 Å². The first-order chi connectivity index (χ1) is 11.9. The Kier molecular flexibility index (Phi) is 3.54. The van der Waals surface area contributed by atoms with Crippen LogP contribution < -0.4 is 4.74 Å². The number of ether oxygens (including phenoxy) is 1. The van der Waals surface area contributed by atoms with Crippen LogP contribution in [0.4, 0.5) is 13.2 Å². The molecule has 0 radical (unpaired) electrons. The van der Waals surface area contributed by atoms with Crippen molar-refractivity contribution in [1.29, 1.82) is 0 Å². The average molecular weight is 364 g/mol. The summed E-state index contributed by atoms with van der Waals surface area (Å²) in [6, 6.07) is 13.1. The van der Waals surface area contributed by atoms with E-state index in [1.54, 1.807) is 12.1 Å². The van der Waals surface area contributed by atoms with Crippen molar-refractivity contribution >= 4 is 33.4 Å². The summed E-state index contributed by atoms with van der Waals surface area (Å²) in [7, 11) is 0. The maximum atomic E-state index is 12.3. The monoisotopic (exact) mass is 363 g/mol. The Labute approximate surface area is 144 Å². The van der Waals surface area contributed by atoms with Crippen LogP contribution in [-0.4, -0.2) is 21.1 Å². The molecule has 8 heteroatoms. The third-order valence-corrected chi connectivity index (χ3v) is 3.95. The van der Waals surface area contributed by atoms with E-state index < -0.39 is 6.36 Å². The SMILES string of the molecule is FC(F)(F)Oc1ccc2c(cnn2-c2ccc3cccc(Cl)c3n2)c1. The standard InChI is InChI=1S/C17H9ClF3N3O/c18-13-3-1-2-10-4-7-15(23-16(10)13)24-14-6-5-12(25-17(19,20)21)8-11(14)9-22-24/h1-9H. The number of pyridine rings is 1. The van der Waals surface area contributed by atoms with Gasteiger partial charge in [-0.05, 0) is 36.4 Å². The summed E-state index contributed by atoms with van der Waals surface area (Å²) in [6.45, 7) is 0. The first kappa shape index (κ1) is 15.7. The first-order valence-corrected chi connectivity index (χ1v) is 7.58. The maximum Gasteiger partial charge on any atom is 0.573 e. The van der Waals surface area contributed by atoms with Gasteiger partial charge >= 0.3 is 6.36 Å². The summed E-state index contributed by atoms with van der Waals surface area (Å²) < 4.78 is 42.5. The van der Waals surface area contributed by atoms with Gasteiger partial charge in [0.1, 0.15) is 5.75 Å². The highest BCUT2D eigenvalue weighted by Gasteiger charge is 2.31. The Morgan fingerprint density at radius 3 is 2.64 bits per heavy atom. The van der Waals surface area contributed by atoms with E-state index >= 15 is 0 Å². The van der Waals surface area contributed by atoms with Crippen LogP contribution in [0, 0.1) is 0 Å². The normalized spacial score (nSPS) is 12.0. The number of para-hydroxylation sites is 1. The number of benzene rings is 2. The van der Waals surface area contributed by atoms with Gasteiger partial charge < -0.3 is 4.74 Å². The van der Waals surface area contributed by atoms with Gasteiger partial charge in [-0.3, -0.25) is 0 Å². The molecule has 4 aromatic rings. The molecule has 25 heavy (non-hydrogen) atoms. The predicted molar refractivity (Wildman–Crippen MR) is 88.1 cm³/mol. The lowest BCUT2D eigenvalue weighted by Crippen LogP contribution is -2.16. The van der Waals surface area contributed by atoms with E-state index in [0.717, 1.165) is 5.39 Å². The number of aromatic nitrogens is 3. The van der Waals surface area contributed by atoms with E-state index in [-0.39, 0.29) is 5.75 Å². The Balaban J connectivity index is 1.81. The molecule has 0 aliphatic carbocycles. The van der Waals surface area contributed by atoms with E-state index in [1.807, 2.05) is 18.2 Å². The van der Waals surface area contributed by atoms with Gasteiger partial charge in [-0.2, -0.15) is 5.10 Å². The Morgan fingerprint density at radius 1 is 1.00 bits per heavy atom. The maximum absolute atomic E-state index is 12.3. The van der Waals surface area contributed by atoms with Crippen molar-refractivity contribution in [3.8, 4) is 11.6 Å². The van der Waals surface area contributed by atoms with Crippen LogP contribution in [0.15, 0.2) is 54.7 Å². The largest absolute Gasteiger partial charge is 0.573 e. The molecule has 0 aliphatic heterocycles. The lowest BCUT2D eigenvalue weighted by Gasteiger charge is -2.09. The van der Waals surface area contributed by atoms with E-state index in [9.17, 15) is 13.2 Å². The molecule has 0 amide bonds. The zero-order valence-corrected chi connectivity index (χ0v) is 13.2. The Hall–Kier alpha value is -2.80. The lowest BCUT2D eigenvalue weighted by molar-refractivity contribution is -0.274. The molecule has 0 fully saturated rings. The fraction of sp³-hybridized carbons (Fsp3) is 0.0588. The molecule has 4 rings (SSSR count). The summed E-state index contributed by atoms with van der Waals surface area (Å²) >= 11 is 6.18. The highest BCUT2D eigenvalue weighted by atomic mass is 35.5. The van der Waals surface area contributed by atoms with Crippen LogP contribution in [0.1, 0.15) is 0 Å². The van der Waals surface area contributed by atoms with Crippen LogP contribution in [0.25, 0.3) is 27.6 Å². The van der Waals surface area contributed by atoms with Gasteiger partial charge in [-0.15, -0.1) is 13.2 Å². The fourth-order valence-corrected chi connectivity index (χ4v) is 2.83. The van der Waals surface area contributed by atoms with Gasteiger partial charge in [0, 0.05) is 10.8 Å². The number of rotatable bonds is 2. The highest BCUT2D eigenvalue weighted by Crippen LogP contribution is 2.28. The second-order valence-corrected chi connectivity index (χ2v) is 5.71. The minimum Gasteiger partial charge on any atom is -0.406 e. The van der Waals surface area contributed by atoms with E-state index in [0.29, 0.717) is 27.3 Å². The summed E-state index contributed by atoms with van der Waals surface area (Å²) in [5, 5.41) is 6.11. The lowest BCUT2D eigenvalue weighted by atomic mass is 10.2. The predicted octanol–water partition coefficient (Wildman–Crippen LogP) is 5.13. The van der Waals surface area contributed by atoms with Gasteiger partial charge in [-0.25, -0.2) is 9.67 Å². The van der Waals surface area contributed by atoms with Crippen LogP contribution in [-0.2, 0) is 0 Å². The van der Waals surface area contributed by atoms with Crippen LogP contribution in [0.2, 0.25) is 5.02 Å². The molecule has 0 unspecified atom stereocenters. The van der Waals surface area contributed by atoms with Crippen molar-refractivity contribution in [3.05, 3.63) is 59.8 Å². The highest BCUT2D eigenvalue weighted by molar-refractivity contribution is 6.35. The molecule has 0 N–H and O–H groups in total. The topological polar surface area (TPSA) is 39.9 Å². The first-order valence-electron chi connectivity index (χ1n) is 7.20. The Bertz CT molecular complexity index is 1090. The minimum absolute atomic E-state index is 0.297. The number of nitrogens with zero attached hydrogens (tertiary/aromatic N) is 3. The third kappa shape index (κ3) is 2.98. The quantitative estimate of drug-likeness (QED) is 0.496. The molecule has 0 atom stereocenters. The van der Waals surface area contributed by atoms with Crippen LogP contribution in [0.3, 0.4) is 0 Å². The molecule has 126 valence electrons. The molecule has 0 spiro atoms. The van der Waals surface area contributed by atoms with Gasteiger partial charge in [0.25, 0.3) is 0 Å². The Morgan fingerprint density at radius 2 is 1.84 bits per heavy atom. The number of hydrogen-bond donors (Lipinski definition) is 0. The molecular formula is C17H9ClF3N3O. The van der Waals surface area contributed by atoms with E-state index in [2.05, 4.69) is 14.8 Å². The second-order valence-electron chi connectivity index (χ2n) is 5.31. The molecule has 2 aromatic heterocycles. The van der Waals surface area contributed by atoms with Crippen molar-refractivity contribution in [2.24, 2.45) is 0 Å². The van der Waals surface area contributed by atoms with Crippen molar-refractivity contribution in [2.75, 3.05) is 0 Å². The zero-order valence-electron chi connectivity index (χ0n) is 12.5.